The molecule has 2 heteroatoms. The van der Waals surface area contributed by atoms with Crippen molar-refractivity contribution in [3.63, 3.8) is 0 Å². The Kier molecular flexibility index (Phi) is 2.43. The van der Waals surface area contributed by atoms with E-state index in [-0.39, 0.29) is 0 Å². The van der Waals surface area contributed by atoms with Gasteiger partial charge in [0, 0.05) is 29.3 Å². The van der Waals surface area contributed by atoms with Crippen LogP contribution in [0.15, 0.2) is 24.4 Å². The minimum atomic E-state index is 0.664. The summed E-state index contributed by atoms with van der Waals surface area (Å²) < 4.78 is 2.31. The van der Waals surface area contributed by atoms with Gasteiger partial charge in [0.15, 0.2) is 0 Å². The van der Waals surface area contributed by atoms with Crippen LogP contribution in [-0.2, 0) is 6.54 Å². The number of aryl methyl sites for hydroxylation is 1. The lowest BCUT2D eigenvalue weighted by molar-refractivity contribution is 0.535. The smallest absolute Gasteiger partial charge is 0.0484 e. The number of nitrogen functional groups attached to an aromatic ring is 1. The largest absolute Gasteiger partial charge is 0.399 e. The van der Waals surface area contributed by atoms with E-state index in [2.05, 4.69) is 43.7 Å². The maximum absolute atomic E-state index is 5.79. The Hall–Kier alpha value is -1.44. The van der Waals surface area contributed by atoms with Crippen LogP contribution in [0, 0.1) is 12.8 Å². The first kappa shape index (κ1) is 10.1. The van der Waals surface area contributed by atoms with Gasteiger partial charge in [-0.05, 0) is 36.6 Å². The van der Waals surface area contributed by atoms with Crippen molar-refractivity contribution >= 4 is 16.6 Å². The standard InChI is InChI=1S/C13H18N2/c1-9(2)7-15-8-10(3)12-6-11(14)4-5-13(12)15/h4-6,8-9H,7,14H2,1-3H3. The predicted molar refractivity (Wildman–Crippen MR) is 65.9 cm³/mol. The number of nitrogens with zero attached hydrogens (tertiary/aromatic N) is 1. The van der Waals surface area contributed by atoms with Crippen molar-refractivity contribution in [1.29, 1.82) is 0 Å². The molecule has 2 nitrogen and oxygen atoms in total. The van der Waals surface area contributed by atoms with Crippen molar-refractivity contribution in [2.45, 2.75) is 27.3 Å². The van der Waals surface area contributed by atoms with Crippen LogP contribution in [0.5, 0.6) is 0 Å². The summed E-state index contributed by atoms with van der Waals surface area (Å²) in [5, 5.41) is 1.27. The van der Waals surface area contributed by atoms with Gasteiger partial charge in [0.1, 0.15) is 0 Å². The van der Waals surface area contributed by atoms with Crippen molar-refractivity contribution in [3.05, 3.63) is 30.0 Å². The summed E-state index contributed by atoms with van der Waals surface area (Å²) in [6, 6.07) is 6.14. The summed E-state index contributed by atoms with van der Waals surface area (Å²) in [6.07, 6.45) is 2.21. The normalized spacial score (nSPS) is 11.5. The molecule has 0 atom stereocenters. The average Bonchev–Trinajstić information content (AvgIpc) is 2.42. The number of fused-ring (bicyclic) bond motifs is 1. The first-order valence-corrected chi connectivity index (χ1v) is 5.43. The molecule has 0 aliphatic carbocycles. The zero-order chi connectivity index (χ0) is 11.0. The van der Waals surface area contributed by atoms with E-state index in [4.69, 9.17) is 5.73 Å². The van der Waals surface area contributed by atoms with Gasteiger partial charge in [0.05, 0.1) is 0 Å². The Labute approximate surface area is 90.7 Å². The third-order valence-corrected chi connectivity index (χ3v) is 2.67. The van der Waals surface area contributed by atoms with E-state index in [1.807, 2.05) is 6.07 Å². The van der Waals surface area contributed by atoms with Crippen LogP contribution in [0.4, 0.5) is 5.69 Å². The second kappa shape index (κ2) is 3.61. The van der Waals surface area contributed by atoms with E-state index in [1.165, 1.54) is 16.5 Å². The molecule has 0 spiro atoms. The van der Waals surface area contributed by atoms with Crippen LogP contribution in [0.1, 0.15) is 19.4 Å². The quantitative estimate of drug-likeness (QED) is 0.745. The Morgan fingerprint density at radius 1 is 1.33 bits per heavy atom. The lowest BCUT2D eigenvalue weighted by atomic mass is 10.2. The van der Waals surface area contributed by atoms with E-state index in [1.54, 1.807) is 0 Å². The van der Waals surface area contributed by atoms with Crippen molar-refractivity contribution < 1.29 is 0 Å². The molecule has 2 aromatic rings. The number of benzene rings is 1. The lowest BCUT2D eigenvalue weighted by Gasteiger charge is -2.08. The Morgan fingerprint density at radius 3 is 2.73 bits per heavy atom. The molecule has 0 bridgehead atoms. The first-order chi connectivity index (χ1) is 7.08. The molecule has 15 heavy (non-hydrogen) atoms. The molecule has 80 valence electrons. The fourth-order valence-corrected chi connectivity index (χ4v) is 2.04. The molecule has 0 unspecified atom stereocenters. The number of hydrogen-bond donors (Lipinski definition) is 1. The van der Waals surface area contributed by atoms with Gasteiger partial charge >= 0.3 is 0 Å². The molecule has 0 radical (unpaired) electrons. The molecule has 0 fully saturated rings. The summed E-state index contributed by atoms with van der Waals surface area (Å²) in [5.74, 6) is 0.664. The first-order valence-electron chi connectivity index (χ1n) is 5.43. The molecular weight excluding hydrogens is 184 g/mol. The van der Waals surface area contributed by atoms with E-state index < -0.39 is 0 Å². The predicted octanol–water partition coefficient (Wildman–Crippen LogP) is 3.19. The van der Waals surface area contributed by atoms with Gasteiger partial charge in [0.25, 0.3) is 0 Å². The van der Waals surface area contributed by atoms with Crippen molar-refractivity contribution in [1.82, 2.24) is 4.57 Å². The number of nitrogens with two attached hydrogens (primary N) is 1. The molecule has 0 aliphatic rings. The van der Waals surface area contributed by atoms with Crippen molar-refractivity contribution in [2.24, 2.45) is 5.92 Å². The number of hydrogen-bond acceptors (Lipinski definition) is 1. The van der Waals surface area contributed by atoms with Gasteiger partial charge in [-0.25, -0.2) is 0 Å². The molecular formula is C13H18N2. The van der Waals surface area contributed by atoms with Gasteiger partial charge in [-0.1, -0.05) is 13.8 Å². The fourth-order valence-electron chi connectivity index (χ4n) is 2.04. The van der Waals surface area contributed by atoms with Crippen LogP contribution in [0.2, 0.25) is 0 Å². The van der Waals surface area contributed by atoms with Crippen LogP contribution in [0.25, 0.3) is 10.9 Å². The third kappa shape index (κ3) is 1.84. The van der Waals surface area contributed by atoms with Crippen molar-refractivity contribution in [3.8, 4) is 0 Å². The van der Waals surface area contributed by atoms with E-state index in [0.29, 0.717) is 5.92 Å². The zero-order valence-corrected chi connectivity index (χ0v) is 9.62. The molecule has 0 saturated carbocycles. The van der Waals surface area contributed by atoms with E-state index >= 15 is 0 Å². The maximum atomic E-state index is 5.79. The molecule has 1 aromatic carbocycles. The Bertz CT molecular complexity index is 480. The molecule has 2 N–H and O–H groups in total. The number of rotatable bonds is 2. The summed E-state index contributed by atoms with van der Waals surface area (Å²) in [7, 11) is 0. The Balaban J connectivity index is 2.57. The minimum Gasteiger partial charge on any atom is -0.399 e. The fraction of sp³-hybridized carbons (Fsp3) is 0.385. The average molecular weight is 202 g/mol. The highest BCUT2D eigenvalue weighted by molar-refractivity contribution is 5.86. The molecule has 0 amide bonds. The highest BCUT2D eigenvalue weighted by atomic mass is 15.0. The highest BCUT2D eigenvalue weighted by Gasteiger charge is 2.06. The SMILES string of the molecule is Cc1cn(CC(C)C)c2ccc(N)cc12. The van der Waals surface area contributed by atoms with Crippen molar-refractivity contribution in [2.75, 3.05) is 5.73 Å². The van der Waals surface area contributed by atoms with Gasteiger partial charge < -0.3 is 10.3 Å². The number of anilines is 1. The molecule has 2 rings (SSSR count). The second-order valence-corrected chi connectivity index (χ2v) is 4.63. The van der Waals surface area contributed by atoms with Crippen LogP contribution in [0.3, 0.4) is 0 Å². The minimum absolute atomic E-state index is 0.664. The number of aromatic nitrogens is 1. The third-order valence-electron chi connectivity index (χ3n) is 2.67. The molecule has 1 heterocycles. The summed E-state index contributed by atoms with van der Waals surface area (Å²) >= 11 is 0. The monoisotopic (exact) mass is 202 g/mol. The molecule has 0 aliphatic heterocycles. The van der Waals surface area contributed by atoms with Gasteiger partial charge in [-0.2, -0.15) is 0 Å². The van der Waals surface area contributed by atoms with Crippen LogP contribution >= 0.6 is 0 Å². The van der Waals surface area contributed by atoms with Gasteiger partial charge in [0.2, 0.25) is 0 Å². The molecule has 0 saturated heterocycles. The summed E-state index contributed by atoms with van der Waals surface area (Å²) in [5.41, 5.74) is 9.23. The Morgan fingerprint density at radius 2 is 2.07 bits per heavy atom. The topological polar surface area (TPSA) is 30.9 Å². The van der Waals surface area contributed by atoms with E-state index in [9.17, 15) is 0 Å². The summed E-state index contributed by atoms with van der Waals surface area (Å²) in [6.45, 7) is 7.67. The second-order valence-electron chi connectivity index (χ2n) is 4.63. The summed E-state index contributed by atoms with van der Waals surface area (Å²) in [4.78, 5) is 0. The zero-order valence-electron chi connectivity index (χ0n) is 9.62. The van der Waals surface area contributed by atoms with Gasteiger partial charge in [-0.15, -0.1) is 0 Å². The maximum Gasteiger partial charge on any atom is 0.0484 e. The van der Waals surface area contributed by atoms with E-state index in [0.717, 1.165) is 12.2 Å². The highest BCUT2D eigenvalue weighted by Crippen LogP contribution is 2.23. The van der Waals surface area contributed by atoms with Crippen LogP contribution < -0.4 is 5.73 Å². The lowest BCUT2D eigenvalue weighted by Crippen LogP contribution is -2.02. The molecule has 1 aromatic heterocycles. The van der Waals surface area contributed by atoms with Crippen LogP contribution in [-0.4, -0.2) is 4.57 Å². The van der Waals surface area contributed by atoms with Gasteiger partial charge in [-0.3, -0.25) is 0 Å².